The van der Waals surface area contributed by atoms with Crippen LogP contribution in [0.3, 0.4) is 0 Å². The number of hydrogen-bond acceptors (Lipinski definition) is 8. The maximum absolute atomic E-state index is 12.6. The number of halogens is 3. The summed E-state index contributed by atoms with van der Waals surface area (Å²) < 4.78 is 57.6. The van der Waals surface area contributed by atoms with Gasteiger partial charge < -0.3 is 34.7 Å². The highest BCUT2D eigenvalue weighted by molar-refractivity contribution is 5.91. The lowest BCUT2D eigenvalue weighted by atomic mass is 9.81. The second-order valence-electron chi connectivity index (χ2n) is 9.83. The lowest BCUT2D eigenvalue weighted by molar-refractivity contribution is -0.274. The van der Waals surface area contributed by atoms with Crippen LogP contribution >= 0.6 is 0 Å². The van der Waals surface area contributed by atoms with Crippen molar-refractivity contribution in [3.8, 4) is 17.2 Å². The average Bonchev–Trinajstić information content (AvgIpc) is 3.55. The molecule has 1 aliphatic carbocycles. The molecule has 2 heterocycles. The first-order valence-corrected chi connectivity index (χ1v) is 13.1. The van der Waals surface area contributed by atoms with Crippen LogP contribution in [0.1, 0.15) is 50.5 Å². The zero-order valence-corrected chi connectivity index (χ0v) is 21.5. The molecular weight excluding hydrogens is 517 g/mol. The quantitative estimate of drug-likeness (QED) is 0.322. The average molecular weight is 549 g/mol. The van der Waals surface area contributed by atoms with Gasteiger partial charge in [-0.3, -0.25) is 4.79 Å². The molecule has 2 aromatic carbocycles. The zero-order chi connectivity index (χ0) is 27.4. The van der Waals surface area contributed by atoms with Crippen molar-refractivity contribution in [2.75, 3.05) is 25.2 Å². The number of rotatable bonds is 10. The van der Waals surface area contributed by atoms with Crippen molar-refractivity contribution in [3.63, 3.8) is 0 Å². The third-order valence-electron chi connectivity index (χ3n) is 7.20. The molecule has 39 heavy (non-hydrogen) atoms. The maximum atomic E-state index is 12.6. The van der Waals surface area contributed by atoms with Crippen LogP contribution in [-0.2, 0) is 4.79 Å². The lowest BCUT2D eigenvalue weighted by Crippen LogP contribution is -2.46. The largest absolute Gasteiger partial charge is 0.573 e. The van der Waals surface area contributed by atoms with E-state index in [9.17, 15) is 18.0 Å². The van der Waals surface area contributed by atoms with Crippen LogP contribution in [0.25, 0.3) is 11.0 Å². The number of hydrogen-bond donors (Lipinski definition) is 3. The smallest absolute Gasteiger partial charge is 0.454 e. The summed E-state index contributed by atoms with van der Waals surface area (Å²) in [5.74, 6) is 1.63. The number of aromatic nitrogens is 1. The van der Waals surface area contributed by atoms with Gasteiger partial charge in [0, 0.05) is 18.6 Å². The van der Waals surface area contributed by atoms with E-state index in [4.69, 9.17) is 14.0 Å². The second-order valence-corrected chi connectivity index (χ2v) is 9.83. The Kier molecular flexibility index (Phi) is 8.01. The fraction of sp³-hybridized carbons (Fsp3) is 0.481. The van der Waals surface area contributed by atoms with E-state index in [1.807, 2.05) is 13.0 Å². The number of benzene rings is 2. The Bertz CT molecular complexity index is 1290. The van der Waals surface area contributed by atoms with E-state index in [-0.39, 0.29) is 42.1 Å². The molecule has 1 atom stereocenters. The van der Waals surface area contributed by atoms with E-state index >= 15 is 0 Å². The van der Waals surface area contributed by atoms with Crippen molar-refractivity contribution in [3.05, 3.63) is 42.0 Å². The highest BCUT2D eigenvalue weighted by Gasteiger charge is 2.31. The number of amides is 1. The van der Waals surface area contributed by atoms with Gasteiger partial charge in [-0.1, -0.05) is 18.1 Å². The van der Waals surface area contributed by atoms with Crippen LogP contribution < -0.4 is 30.2 Å². The molecule has 0 spiro atoms. The van der Waals surface area contributed by atoms with E-state index in [1.165, 1.54) is 17.7 Å². The number of anilines is 1. The van der Waals surface area contributed by atoms with Crippen LogP contribution in [0.2, 0.25) is 0 Å². The van der Waals surface area contributed by atoms with Gasteiger partial charge in [0.2, 0.25) is 12.7 Å². The van der Waals surface area contributed by atoms with Gasteiger partial charge in [0.25, 0.3) is 0 Å². The van der Waals surface area contributed by atoms with Gasteiger partial charge in [0.1, 0.15) is 5.75 Å². The van der Waals surface area contributed by atoms with E-state index in [2.05, 4.69) is 38.0 Å². The number of carbonyl (C=O) groups excluding carboxylic acids is 1. The lowest BCUT2D eigenvalue weighted by Gasteiger charge is -2.31. The molecule has 9 nitrogen and oxygen atoms in total. The summed E-state index contributed by atoms with van der Waals surface area (Å²) in [6, 6.07) is 10.2. The number of nitrogens with zero attached hydrogens (tertiary/aromatic N) is 1. The molecule has 5 rings (SSSR count). The topological polar surface area (TPSA) is 107 Å². The third-order valence-corrected chi connectivity index (χ3v) is 7.20. The van der Waals surface area contributed by atoms with Crippen LogP contribution in [0.4, 0.5) is 19.0 Å². The third kappa shape index (κ3) is 6.86. The van der Waals surface area contributed by atoms with Gasteiger partial charge >= 0.3 is 6.36 Å². The van der Waals surface area contributed by atoms with Crippen LogP contribution in [0, 0.1) is 0 Å². The highest BCUT2D eigenvalue weighted by atomic mass is 19.4. The zero-order valence-electron chi connectivity index (χ0n) is 21.5. The van der Waals surface area contributed by atoms with Crippen molar-refractivity contribution < 1.29 is 36.7 Å². The van der Waals surface area contributed by atoms with E-state index in [0.717, 1.165) is 49.7 Å². The number of nitrogens with one attached hydrogen (secondary N) is 3. The van der Waals surface area contributed by atoms with E-state index in [1.54, 1.807) is 0 Å². The van der Waals surface area contributed by atoms with Crippen molar-refractivity contribution in [1.29, 1.82) is 0 Å². The van der Waals surface area contributed by atoms with Gasteiger partial charge in [0.05, 0.1) is 11.9 Å². The maximum Gasteiger partial charge on any atom is 0.573 e. The highest BCUT2D eigenvalue weighted by Crippen LogP contribution is 2.39. The van der Waals surface area contributed by atoms with E-state index < -0.39 is 12.1 Å². The Morgan fingerprint density at radius 2 is 1.90 bits per heavy atom. The Morgan fingerprint density at radius 3 is 2.67 bits per heavy atom. The van der Waals surface area contributed by atoms with E-state index in [0.29, 0.717) is 18.5 Å². The number of alkyl halides is 3. The molecule has 1 unspecified atom stereocenters. The van der Waals surface area contributed by atoms with Gasteiger partial charge in [-0.25, -0.2) is 0 Å². The van der Waals surface area contributed by atoms with Crippen LogP contribution in [0.15, 0.2) is 40.9 Å². The summed E-state index contributed by atoms with van der Waals surface area (Å²) in [6.45, 7) is 2.82. The summed E-state index contributed by atoms with van der Waals surface area (Å²) in [7, 11) is 0. The first kappa shape index (κ1) is 26.9. The van der Waals surface area contributed by atoms with Crippen LogP contribution in [0.5, 0.6) is 17.2 Å². The van der Waals surface area contributed by atoms with Crippen molar-refractivity contribution >= 4 is 22.7 Å². The molecule has 1 fully saturated rings. The number of fused-ring (bicyclic) bond motifs is 2. The first-order valence-electron chi connectivity index (χ1n) is 13.1. The summed E-state index contributed by atoms with van der Waals surface area (Å²) in [6.07, 6.45) is 0.177. The molecule has 1 saturated carbocycles. The molecule has 210 valence electrons. The molecule has 2 aliphatic rings. The Morgan fingerprint density at radius 1 is 1.10 bits per heavy atom. The number of ether oxygens (including phenoxy) is 3. The molecule has 3 aromatic rings. The van der Waals surface area contributed by atoms with Gasteiger partial charge in [-0.05, 0) is 73.9 Å². The molecule has 1 aromatic heterocycles. The summed E-state index contributed by atoms with van der Waals surface area (Å²) in [5, 5.41) is 13.5. The molecule has 0 bridgehead atoms. The molecule has 12 heteroatoms. The Hall–Kier alpha value is -3.67. The summed E-state index contributed by atoms with van der Waals surface area (Å²) in [4.78, 5) is 12.6. The fourth-order valence-electron chi connectivity index (χ4n) is 5.09. The predicted octanol–water partition coefficient (Wildman–Crippen LogP) is 5.08. The predicted molar refractivity (Wildman–Crippen MR) is 137 cm³/mol. The minimum atomic E-state index is -4.81. The minimum Gasteiger partial charge on any atom is -0.454 e. The van der Waals surface area contributed by atoms with Gasteiger partial charge in [-0.15, -0.1) is 13.2 Å². The Labute approximate surface area is 223 Å². The Balaban J connectivity index is 1.06. The second kappa shape index (κ2) is 11.6. The monoisotopic (exact) mass is 548 g/mol. The van der Waals surface area contributed by atoms with Crippen molar-refractivity contribution in [2.45, 2.75) is 63.4 Å². The SMILES string of the molecule is CCC(CNC1CCC(c2ccc3c(c2)OCO3)CC1)NC(=O)CNc1noc2ccc(OC(F)(F)F)cc12. The standard InChI is InChI=1S/C27H31F3N4O5/c1-2-18(13-31-19-6-3-16(4-7-19)17-5-9-23-24(11-17)37-15-36-23)33-25(35)14-32-26-21-12-20(38-27(28,29)30)8-10-22(21)39-34-26/h5,8-12,16,18-19,31H,2-4,6-7,13-15H2,1H3,(H,32,34)(H,33,35). The fourth-order valence-corrected chi connectivity index (χ4v) is 5.09. The minimum absolute atomic E-state index is 0.0632. The van der Waals surface area contributed by atoms with Crippen LogP contribution in [-0.4, -0.2) is 49.4 Å². The normalized spacial score (nSPS) is 19.6. The summed E-state index contributed by atoms with van der Waals surface area (Å²) in [5.41, 5.74) is 1.56. The molecule has 0 radical (unpaired) electrons. The van der Waals surface area contributed by atoms with Gasteiger partial charge in [0.15, 0.2) is 22.9 Å². The van der Waals surface area contributed by atoms with Gasteiger partial charge in [-0.2, -0.15) is 0 Å². The number of carbonyl (C=O) groups is 1. The van der Waals surface area contributed by atoms with Crippen molar-refractivity contribution in [2.24, 2.45) is 0 Å². The molecule has 0 saturated heterocycles. The molecular formula is C27H31F3N4O5. The summed E-state index contributed by atoms with van der Waals surface area (Å²) >= 11 is 0. The molecule has 1 aliphatic heterocycles. The first-order chi connectivity index (χ1) is 18.8. The molecule has 1 amide bonds. The molecule has 3 N–H and O–H groups in total. The van der Waals surface area contributed by atoms with Crippen molar-refractivity contribution in [1.82, 2.24) is 15.8 Å².